The van der Waals surface area contributed by atoms with Crippen molar-refractivity contribution in [3.8, 4) is 11.6 Å². The molecule has 1 N–H and O–H groups in total. The van der Waals surface area contributed by atoms with Gasteiger partial charge in [0.05, 0.1) is 0 Å². The fraction of sp³-hybridized carbons (Fsp3) is 0.167. The molecule has 2 rings (SSSR count). The van der Waals surface area contributed by atoms with Crippen LogP contribution in [-0.2, 0) is 6.42 Å². The highest BCUT2D eigenvalue weighted by molar-refractivity contribution is 5.30. The van der Waals surface area contributed by atoms with Gasteiger partial charge in [-0.25, -0.2) is 9.97 Å². The minimum atomic E-state index is 0.159. The zero-order valence-electron chi connectivity index (χ0n) is 8.71. The summed E-state index contributed by atoms with van der Waals surface area (Å²) in [7, 11) is 0. The lowest BCUT2D eigenvalue weighted by Gasteiger charge is -2.04. The molecule has 0 aliphatic rings. The van der Waals surface area contributed by atoms with Crippen molar-refractivity contribution in [3.63, 3.8) is 0 Å². The molecule has 4 nitrogen and oxygen atoms in total. The van der Waals surface area contributed by atoms with Crippen molar-refractivity contribution in [2.24, 2.45) is 0 Å². The molecule has 0 unspecified atom stereocenters. The minimum absolute atomic E-state index is 0.159. The summed E-state index contributed by atoms with van der Waals surface area (Å²) < 4.78 is 5.50. The van der Waals surface area contributed by atoms with Gasteiger partial charge in [-0.1, -0.05) is 12.1 Å². The van der Waals surface area contributed by atoms with Gasteiger partial charge in [-0.3, -0.25) is 0 Å². The van der Waals surface area contributed by atoms with E-state index in [-0.39, 0.29) is 6.61 Å². The Morgan fingerprint density at radius 1 is 1.12 bits per heavy atom. The molecule has 0 fully saturated rings. The molecule has 0 aliphatic heterocycles. The predicted molar refractivity (Wildman–Crippen MR) is 59.3 cm³/mol. The molecule has 0 amide bonds. The van der Waals surface area contributed by atoms with Crippen LogP contribution in [0.5, 0.6) is 11.6 Å². The summed E-state index contributed by atoms with van der Waals surface area (Å²) >= 11 is 0. The zero-order chi connectivity index (χ0) is 11.2. The molecule has 0 spiro atoms. The second kappa shape index (κ2) is 5.23. The van der Waals surface area contributed by atoms with Crippen molar-refractivity contribution in [1.82, 2.24) is 9.97 Å². The van der Waals surface area contributed by atoms with Gasteiger partial charge in [0.2, 0.25) is 5.88 Å². The lowest BCUT2D eigenvalue weighted by atomic mass is 10.1. The Balaban J connectivity index is 2.05. The molecule has 0 bridgehead atoms. The van der Waals surface area contributed by atoms with Gasteiger partial charge in [-0.2, -0.15) is 0 Å². The van der Waals surface area contributed by atoms with Gasteiger partial charge < -0.3 is 9.84 Å². The molecule has 2 aromatic rings. The van der Waals surface area contributed by atoms with E-state index in [1.54, 1.807) is 12.3 Å². The van der Waals surface area contributed by atoms with E-state index in [0.717, 1.165) is 11.3 Å². The van der Waals surface area contributed by atoms with Crippen molar-refractivity contribution in [1.29, 1.82) is 0 Å². The van der Waals surface area contributed by atoms with Crippen molar-refractivity contribution in [2.75, 3.05) is 6.61 Å². The third kappa shape index (κ3) is 2.77. The molecule has 4 heteroatoms. The van der Waals surface area contributed by atoms with Crippen LogP contribution < -0.4 is 4.74 Å². The minimum Gasteiger partial charge on any atom is -0.439 e. The van der Waals surface area contributed by atoms with E-state index in [4.69, 9.17) is 9.84 Å². The second-order valence-corrected chi connectivity index (χ2v) is 3.27. The zero-order valence-corrected chi connectivity index (χ0v) is 8.71. The number of rotatable bonds is 4. The number of aromatic nitrogens is 2. The third-order valence-electron chi connectivity index (χ3n) is 2.10. The first-order valence-corrected chi connectivity index (χ1v) is 5.02. The van der Waals surface area contributed by atoms with Crippen molar-refractivity contribution >= 4 is 0 Å². The fourth-order valence-electron chi connectivity index (χ4n) is 1.31. The average Bonchev–Trinajstić information content (AvgIpc) is 2.33. The van der Waals surface area contributed by atoms with E-state index in [0.29, 0.717) is 12.3 Å². The molecule has 0 radical (unpaired) electrons. The number of aliphatic hydroxyl groups is 1. The van der Waals surface area contributed by atoms with Gasteiger partial charge in [0.25, 0.3) is 0 Å². The highest BCUT2D eigenvalue weighted by Crippen LogP contribution is 2.18. The first-order valence-electron chi connectivity index (χ1n) is 5.02. The SMILES string of the molecule is OCCc1ccc(Oc2ccncn2)cc1. The van der Waals surface area contributed by atoms with E-state index in [9.17, 15) is 0 Å². The van der Waals surface area contributed by atoms with E-state index < -0.39 is 0 Å². The van der Waals surface area contributed by atoms with Crippen LogP contribution in [0.15, 0.2) is 42.9 Å². The average molecular weight is 216 g/mol. The van der Waals surface area contributed by atoms with Crippen LogP contribution in [0.1, 0.15) is 5.56 Å². The largest absolute Gasteiger partial charge is 0.439 e. The van der Waals surface area contributed by atoms with Crippen LogP contribution in [0.25, 0.3) is 0 Å². The topological polar surface area (TPSA) is 55.2 Å². The lowest BCUT2D eigenvalue weighted by molar-refractivity contribution is 0.299. The predicted octanol–water partition coefficient (Wildman–Crippen LogP) is 1.80. The summed E-state index contributed by atoms with van der Waals surface area (Å²) in [6.45, 7) is 0.159. The summed E-state index contributed by atoms with van der Waals surface area (Å²) in [5.74, 6) is 1.24. The Morgan fingerprint density at radius 2 is 1.94 bits per heavy atom. The number of hydrogen-bond acceptors (Lipinski definition) is 4. The highest BCUT2D eigenvalue weighted by Gasteiger charge is 1.98. The van der Waals surface area contributed by atoms with Crippen LogP contribution in [0.2, 0.25) is 0 Å². The Labute approximate surface area is 93.6 Å². The molecular formula is C12H12N2O2. The number of ether oxygens (including phenoxy) is 1. The molecule has 0 saturated carbocycles. The molecule has 0 aliphatic carbocycles. The Hall–Kier alpha value is -1.94. The van der Waals surface area contributed by atoms with Crippen LogP contribution in [0.3, 0.4) is 0 Å². The second-order valence-electron chi connectivity index (χ2n) is 3.27. The molecular weight excluding hydrogens is 204 g/mol. The third-order valence-corrected chi connectivity index (χ3v) is 2.10. The Bertz CT molecular complexity index is 429. The van der Waals surface area contributed by atoms with Gasteiger partial charge in [0, 0.05) is 18.9 Å². The van der Waals surface area contributed by atoms with Crippen LogP contribution in [-0.4, -0.2) is 21.7 Å². The Kier molecular flexibility index (Phi) is 3.46. The smallest absolute Gasteiger partial charge is 0.222 e. The van der Waals surface area contributed by atoms with Crippen LogP contribution >= 0.6 is 0 Å². The summed E-state index contributed by atoms with van der Waals surface area (Å²) in [5, 5.41) is 8.78. The molecule has 0 atom stereocenters. The van der Waals surface area contributed by atoms with Gasteiger partial charge >= 0.3 is 0 Å². The van der Waals surface area contributed by atoms with Crippen LogP contribution in [0, 0.1) is 0 Å². The standard InChI is InChI=1S/C12H12N2O2/c15-8-6-10-1-3-11(4-2-10)16-12-5-7-13-9-14-12/h1-5,7,9,15H,6,8H2. The number of hydrogen-bond donors (Lipinski definition) is 1. The number of benzene rings is 1. The monoisotopic (exact) mass is 216 g/mol. The first kappa shape index (κ1) is 10.6. The van der Waals surface area contributed by atoms with Crippen molar-refractivity contribution < 1.29 is 9.84 Å². The molecule has 1 aromatic heterocycles. The van der Waals surface area contributed by atoms with Crippen molar-refractivity contribution in [3.05, 3.63) is 48.4 Å². The molecule has 1 aromatic carbocycles. The fourth-order valence-corrected chi connectivity index (χ4v) is 1.31. The van der Waals surface area contributed by atoms with Crippen molar-refractivity contribution in [2.45, 2.75) is 6.42 Å². The summed E-state index contributed by atoms with van der Waals surface area (Å²) in [4.78, 5) is 7.77. The van der Waals surface area contributed by atoms with Crippen LogP contribution in [0.4, 0.5) is 0 Å². The van der Waals surface area contributed by atoms with Gasteiger partial charge in [-0.05, 0) is 24.1 Å². The molecule has 82 valence electrons. The normalized spacial score (nSPS) is 10.1. The maximum atomic E-state index is 8.78. The maximum Gasteiger partial charge on any atom is 0.222 e. The van der Waals surface area contributed by atoms with E-state index in [2.05, 4.69) is 9.97 Å². The quantitative estimate of drug-likeness (QED) is 0.846. The molecule has 0 saturated heterocycles. The van der Waals surface area contributed by atoms with Gasteiger partial charge in [0.15, 0.2) is 0 Å². The maximum absolute atomic E-state index is 8.78. The summed E-state index contributed by atoms with van der Waals surface area (Å²) in [6.07, 6.45) is 3.73. The van der Waals surface area contributed by atoms with Gasteiger partial charge in [0.1, 0.15) is 12.1 Å². The Morgan fingerprint density at radius 3 is 2.56 bits per heavy atom. The lowest BCUT2D eigenvalue weighted by Crippen LogP contribution is -1.91. The highest BCUT2D eigenvalue weighted by atomic mass is 16.5. The molecule has 1 heterocycles. The van der Waals surface area contributed by atoms with E-state index >= 15 is 0 Å². The summed E-state index contributed by atoms with van der Waals surface area (Å²) in [6, 6.07) is 9.25. The molecule has 16 heavy (non-hydrogen) atoms. The van der Waals surface area contributed by atoms with E-state index in [1.165, 1.54) is 6.33 Å². The number of nitrogens with zero attached hydrogens (tertiary/aromatic N) is 2. The summed E-state index contributed by atoms with van der Waals surface area (Å²) in [5.41, 5.74) is 1.08. The van der Waals surface area contributed by atoms with E-state index in [1.807, 2.05) is 24.3 Å². The van der Waals surface area contributed by atoms with Gasteiger partial charge in [-0.15, -0.1) is 0 Å². The first-order chi connectivity index (χ1) is 7.88. The number of aliphatic hydroxyl groups excluding tert-OH is 1.